The Morgan fingerprint density at radius 3 is 2.86 bits per heavy atom. The Bertz CT molecular complexity index is 309. The Balaban J connectivity index is 2.03. The molecule has 0 heterocycles. The van der Waals surface area contributed by atoms with Crippen LogP contribution in [0.15, 0.2) is 24.3 Å². The van der Waals surface area contributed by atoms with E-state index in [-0.39, 0.29) is 12.2 Å². The molecule has 1 aromatic carbocycles. The minimum atomic E-state index is -0.282. The Morgan fingerprint density at radius 2 is 2.21 bits per heavy atom. The summed E-state index contributed by atoms with van der Waals surface area (Å²) in [6.45, 7) is 2.04. The highest BCUT2D eigenvalue weighted by atomic mass is 16.5. The molecule has 1 N–H and O–H groups in total. The quantitative estimate of drug-likeness (QED) is 0.779. The molecule has 2 atom stereocenters. The minimum absolute atomic E-state index is 0.00296. The van der Waals surface area contributed by atoms with Gasteiger partial charge in [0.25, 0.3) is 0 Å². The van der Waals surface area contributed by atoms with Gasteiger partial charge in [-0.15, -0.1) is 0 Å². The average Bonchev–Trinajstić information content (AvgIpc) is 2.52. The number of aliphatic hydroxyl groups excluding tert-OH is 1. The lowest BCUT2D eigenvalue weighted by molar-refractivity contribution is 0.0604. The maximum atomic E-state index is 9.59. The molecule has 1 saturated carbocycles. The fraction of sp³-hybridized carbons (Fsp3) is 0.500. The van der Waals surface area contributed by atoms with Crippen LogP contribution in [-0.2, 0) is 0 Å². The van der Waals surface area contributed by atoms with Crippen LogP contribution < -0.4 is 4.74 Å². The molecule has 1 aliphatic carbocycles. The van der Waals surface area contributed by atoms with Gasteiger partial charge in [-0.1, -0.05) is 12.1 Å². The van der Waals surface area contributed by atoms with E-state index in [9.17, 15) is 5.11 Å². The number of hydrogen-bond acceptors (Lipinski definition) is 2. The third kappa shape index (κ3) is 2.07. The molecule has 0 aliphatic heterocycles. The fourth-order valence-corrected chi connectivity index (χ4v) is 1.91. The van der Waals surface area contributed by atoms with Gasteiger partial charge in [-0.25, -0.2) is 0 Å². The van der Waals surface area contributed by atoms with Crippen molar-refractivity contribution in [2.24, 2.45) is 0 Å². The first-order chi connectivity index (χ1) is 6.75. The van der Waals surface area contributed by atoms with E-state index in [4.69, 9.17) is 4.74 Å². The second-order valence-electron chi connectivity index (χ2n) is 3.97. The average molecular weight is 192 g/mol. The standard InChI is InChI=1S/C12H16O2/c1-9-4-2-5-10(8-9)14-12-7-3-6-11(12)13/h2,4-5,8,11-13H,3,6-7H2,1H3/t11-,12-/m0/s1. The van der Waals surface area contributed by atoms with Gasteiger partial charge in [0.2, 0.25) is 0 Å². The molecular formula is C12H16O2. The predicted molar refractivity (Wildman–Crippen MR) is 55.5 cm³/mol. The first-order valence-corrected chi connectivity index (χ1v) is 5.17. The van der Waals surface area contributed by atoms with Gasteiger partial charge >= 0.3 is 0 Å². The van der Waals surface area contributed by atoms with Crippen LogP contribution in [0, 0.1) is 6.92 Å². The smallest absolute Gasteiger partial charge is 0.124 e. The summed E-state index contributed by atoms with van der Waals surface area (Å²) in [6.07, 6.45) is 2.62. The van der Waals surface area contributed by atoms with Crippen molar-refractivity contribution in [2.45, 2.75) is 38.4 Å². The van der Waals surface area contributed by atoms with Gasteiger partial charge in [0.1, 0.15) is 11.9 Å². The number of rotatable bonds is 2. The van der Waals surface area contributed by atoms with E-state index in [1.165, 1.54) is 5.56 Å². The van der Waals surface area contributed by atoms with Crippen LogP contribution in [0.3, 0.4) is 0 Å². The summed E-state index contributed by atoms with van der Waals surface area (Å²) in [5.74, 6) is 0.871. The Hall–Kier alpha value is -1.02. The third-order valence-corrected chi connectivity index (χ3v) is 2.69. The summed E-state index contributed by atoms with van der Waals surface area (Å²) in [5, 5.41) is 9.59. The van der Waals surface area contributed by atoms with Gasteiger partial charge in [0, 0.05) is 0 Å². The summed E-state index contributed by atoms with van der Waals surface area (Å²) < 4.78 is 5.72. The van der Waals surface area contributed by atoms with Gasteiger partial charge in [-0.3, -0.25) is 0 Å². The summed E-state index contributed by atoms with van der Waals surface area (Å²) in [6, 6.07) is 7.97. The van der Waals surface area contributed by atoms with Crippen molar-refractivity contribution in [1.82, 2.24) is 0 Å². The van der Waals surface area contributed by atoms with E-state index in [0.29, 0.717) is 0 Å². The zero-order valence-corrected chi connectivity index (χ0v) is 8.44. The van der Waals surface area contributed by atoms with Crippen molar-refractivity contribution in [3.63, 3.8) is 0 Å². The van der Waals surface area contributed by atoms with E-state index in [1.807, 2.05) is 31.2 Å². The Kier molecular flexibility index (Phi) is 2.73. The largest absolute Gasteiger partial charge is 0.488 e. The SMILES string of the molecule is Cc1cccc(O[C@H]2CCC[C@@H]2O)c1. The lowest BCUT2D eigenvalue weighted by atomic mass is 10.2. The van der Waals surface area contributed by atoms with Gasteiger partial charge in [0.15, 0.2) is 0 Å². The van der Waals surface area contributed by atoms with E-state index in [2.05, 4.69) is 0 Å². The van der Waals surface area contributed by atoms with Crippen molar-refractivity contribution in [1.29, 1.82) is 0 Å². The molecule has 0 bridgehead atoms. The second kappa shape index (κ2) is 4.01. The summed E-state index contributed by atoms with van der Waals surface area (Å²) >= 11 is 0. The van der Waals surface area contributed by atoms with Crippen LogP contribution in [0.5, 0.6) is 5.75 Å². The maximum absolute atomic E-state index is 9.59. The number of ether oxygens (including phenoxy) is 1. The van der Waals surface area contributed by atoms with E-state index < -0.39 is 0 Å². The second-order valence-corrected chi connectivity index (χ2v) is 3.97. The highest BCUT2D eigenvalue weighted by molar-refractivity contribution is 5.27. The molecule has 1 aromatic rings. The third-order valence-electron chi connectivity index (χ3n) is 2.69. The molecule has 0 spiro atoms. The lowest BCUT2D eigenvalue weighted by Gasteiger charge is -2.17. The number of aliphatic hydroxyl groups is 1. The van der Waals surface area contributed by atoms with Gasteiger partial charge in [-0.05, 0) is 43.9 Å². The topological polar surface area (TPSA) is 29.5 Å². The van der Waals surface area contributed by atoms with Crippen molar-refractivity contribution < 1.29 is 9.84 Å². The molecule has 0 radical (unpaired) electrons. The van der Waals surface area contributed by atoms with Crippen molar-refractivity contribution in [3.05, 3.63) is 29.8 Å². The zero-order chi connectivity index (χ0) is 9.97. The number of benzene rings is 1. The minimum Gasteiger partial charge on any atom is -0.488 e. The Labute approximate surface area is 84.5 Å². The van der Waals surface area contributed by atoms with Gasteiger partial charge in [-0.2, -0.15) is 0 Å². The monoisotopic (exact) mass is 192 g/mol. The van der Waals surface area contributed by atoms with E-state index in [0.717, 1.165) is 25.0 Å². The molecule has 0 aromatic heterocycles. The van der Waals surface area contributed by atoms with Crippen LogP contribution in [0.1, 0.15) is 24.8 Å². The van der Waals surface area contributed by atoms with Crippen LogP contribution in [-0.4, -0.2) is 17.3 Å². The maximum Gasteiger partial charge on any atom is 0.124 e. The van der Waals surface area contributed by atoms with Crippen molar-refractivity contribution >= 4 is 0 Å². The number of aryl methyl sites for hydroxylation is 1. The molecule has 2 rings (SSSR count). The van der Waals surface area contributed by atoms with Crippen molar-refractivity contribution in [3.8, 4) is 5.75 Å². The van der Waals surface area contributed by atoms with Crippen LogP contribution in [0.4, 0.5) is 0 Å². The van der Waals surface area contributed by atoms with Crippen LogP contribution >= 0.6 is 0 Å². The summed E-state index contributed by atoms with van der Waals surface area (Å²) in [5.41, 5.74) is 1.19. The van der Waals surface area contributed by atoms with Gasteiger partial charge < -0.3 is 9.84 Å². The zero-order valence-electron chi connectivity index (χ0n) is 8.44. The molecule has 0 unspecified atom stereocenters. The molecule has 0 saturated heterocycles. The van der Waals surface area contributed by atoms with Crippen molar-refractivity contribution in [2.75, 3.05) is 0 Å². The lowest BCUT2D eigenvalue weighted by Crippen LogP contribution is -2.25. The molecular weight excluding hydrogens is 176 g/mol. The summed E-state index contributed by atoms with van der Waals surface area (Å²) in [4.78, 5) is 0. The first-order valence-electron chi connectivity index (χ1n) is 5.17. The van der Waals surface area contributed by atoms with Gasteiger partial charge in [0.05, 0.1) is 6.10 Å². The Morgan fingerprint density at radius 1 is 1.36 bits per heavy atom. The number of hydrogen-bond donors (Lipinski definition) is 1. The highest BCUT2D eigenvalue weighted by Gasteiger charge is 2.26. The van der Waals surface area contributed by atoms with Crippen LogP contribution in [0.25, 0.3) is 0 Å². The first kappa shape index (κ1) is 9.53. The summed E-state index contributed by atoms with van der Waals surface area (Å²) in [7, 11) is 0. The highest BCUT2D eigenvalue weighted by Crippen LogP contribution is 2.24. The molecule has 0 amide bonds. The predicted octanol–water partition coefficient (Wildman–Crippen LogP) is 2.29. The molecule has 2 heteroatoms. The van der Waals surface area contributed by atoms with Crippen LogP contribution in [0.2, 0.25) is 0 Å². The molecule has 76 valence electrons. The molecule has 1 aliphatic rings. The fourth-order valence-electron chi connectivity index (χ4n) is 1.91. The van der Waals surface area contributed by atoms with E-state index in [1.54, 1.807) is 0 Å². The normalized spacial score (nSPS) is 26.4. The molecule has 1 fully saturated rings. The van der Waals surface area contributed by atoms with E-state index >= 15 is 0 Å². The molecule has 2 nitrogen and oxygen atoms in total. The molecule has 14 heavy (non-hydrogen) atoms.